The molecule has 6 nitrogen and oxygen atoms in total. The summed E-state index contributed by atoms with van der Waals surface area (Å²) in [5, 5.41) is 3.64. The highest BCUT2D eigenvalue weighted by Crippen LogP contribution is 2.29. The first-order valence-corrected chi connectivity index (χ1v) is 8.22. The summed E-state index contributed by atoms with van der Waals surface area (Å²) in [7, 11) is -2.57. The fourth-order valence-corrected chi connectivity index (χ4v) is 4.13. The molecule has 1 aliphatic rings. The number of aryl methyl sites for hydroxylation is 2. The highest BCUT2D eigenvalue weighted by Gasteiger charge is 2.32. The van der Waals surface area contributed by atoms with Crippen LogP contribution in [0.25, 0.3) is 0 Å². The minimum atomic E-state index is -3.87. The van der Waals surface area contributed by atoms with Crippen LogP contribution in [0.2, 0.25) is 0 Å². The van der Waals surface area contributed by atoms with Crippen molar-refractivity contribution in [2.75, 3.05) is 7.05 Å². The quantitative estimate of drug-likeness (QED) is 0.849. The van der Waals surface area contributed by atoms with Crippen molar-refractivity contribution in [1.29, 1.82) is 0 Å². The smallest absolute Gasteiger partial charge is 0.271 e. The summed E-state index contributed by atoms with van der Waals surface area (Å²) in [6.45, 7) is 3.08. The minimum Gasteiger partial charge on any atom is -0.360 e. The van der Waals surface area contributed by atoms with Crippen LogP contribution < -0.4 is 0 Å². The zero-order chi connectivity index (χ0) is 14.9. The molecule has 1 aromatic heterocycles. The van der Waals surface area contributed by atoms with Gasteiger partial charge < -0.3 is 4.52 Å². The molecular weight excluding hydrogens is 280 g/mol. The van der Waals surface area contributed by atoms with Crippen molar-refractivity contribution in [3.63, 3.8) is 0 Å². The lowest BCUT2D eigenvalue weighted by Crippen LogP contribution is -2.34. The summed E-state index contributed by atoms with van der Waals surface area (Å²) < 4.78 is 30.6. The van der Waals surface area contributed by atoms with Gasteiger partial charge in [0, 0.05) is 13.5 Å². The highest BCUT2D eigenvalue weighted by atomic mass is 32.2. The standard InChI is InChI=1S/C13H20N2O4S/c1-9-13(10(2)19-14-9)20(17,18)15(3)12(16)8-11-6-4-5-7-11/h11H,4-8H2,1-3H3. The monoisotopic (exact) mass is 300 g/mol. The Hall–Kier alpha value is -1.37. The number of hydrogen-bond acceptors (Lipinski definition) is 5. The summed E-state index contributed by atoms with van der Waals surface area (Å²) in [6, 6.07) is 0. The van der Waals surface area contributed by atoms with E-state index in [2.05, 4.69) is 5.16 Å². The number of hydrogen-bond donors (Lipinski definition) is 0. The SMILES string of the molecule is Cc1noc(C)c1S(=O)(=O)N(C)C(=O)CC1CCCC1. The maximum absolute atomic E-state index is 12.5. The van der Waals surface area contributed by atoms with Gasteiger partial charge in [-0.1, -0.05) is 18.0 Å². The summed E-state index contributed by atoms with van der Waals surface area (Å²) in [5.41, 5.74) is 0.281. The predicted octanol–water partition coefficient (Wildman–Crippen LogP) is 2.02. The van der Waals surface area contributed by atoms with Crippen LogP contribution in [-0.2, 0) is 14.8 Å². The maximum atomic E-state index is 12.5. The fraction of sp³-hybridized carbons (Fsp3) is 0.692. The summed E-state index contributed by atoms with van der Waals surface area (Å²) in [5.74, 6) is 0.157. The highest BCUT2D eigenvalue weighted by molar-refractivity contribution is 7.89. The minimum absolute atomic E-state index is 0.000211. The summed E-state index contributed by atoms with van der Waals surface area (Å²) >= 11 is 0. The van der Waals surface area contributed by atoms with Crippen molar-refractivity contribution in [3.05, 3.63) is 11.5 Å². The molecule has 2 rings (SSSR count). The van der Waals surface area contributed by atoms with Crippen LogP contribution in [0, 0.1) is 19.8 Å². The van der Waals surface area contributed by atoms with E-state index in [1.807, 2.05) is 0 Å². The Morgan fingerprint density at radius 2 is 1.95 bits per heavy atom. The Kier molecular flexibility index (Phi) is 4.17. The normalized spacial score (nSPS) is 16.6. The zero-order valence-corrected chi connectivity index (χ0v) is 12.9. The van der Waals surface area contributed by atoms with Gasteiger partial charge in [0.2, 0.25) is 5.91 Å². The van der Waals surface area contributed by atoms with Crippen LogP contribution >= 0.6 is 0 Å². The molecule has 0 saturated heterocycles. The molecule has 112 valence electrons. The summed E-state index contributed by atoms with van der Waals surface area (Å²) in [4.78, 5) is 12.2. The number of sulfonamides is 1. The first-order chi connectivity index (χ1) is 9.34. The third-order valence-corrected chi connectivity index (χ3v) is 5.90. The lowest BCUT2D eigenvalue weighted by molar-refractivity contribution is -0.126. The fourth-order valence-electron chi connectivity index (χ4n) is 2.70. The first kappa shape index (κ1) is 15.0. The number of carbonyl (C=O) groups is 1. The Labute approximate surface area is 119 Å². The molecule has 0 aliphatic heterocycles. The van der Waals surface area contributed by atoms with Crippen LogP contribution in [0.1, 0.15) is 43.6 Å². The number of amides is 1. The second-order valence-electron chi connectivity index (χ2n) is 5.37. The van der Waals surface area contributed by atoms with Gasteiger partial charge in [-0.05, 0) is 32.6 Å². The van der Waals surface area contributed by atoms with Crippen LogP contribution in [0.3, 0.4) is 0 Å². The second kappa shape index (κ2) is 5.55. The molecule has 1 aliphatic carbocycles. The molecule has 20 heavy (non-hydrogen) atoms. The summed E-state index contributed by atoms with van der Waals surface area (Å²) in [6.07, 6.45) is 4.55. The molecule has 0 bridgehead atoms. The van der Waals surface area contributed by atoms with Gasteiger partial charge in [0.25, 0.3) is 10.0 Å². The third kappa shape index (κ3) is 2.72. The van der Waals surface area contributed by atoms with E-state index in [1.54, 1.807) is 6.92 Å². The van der Waals surface area contributed by atoms with Crippen molar-refractivity contribution >= 4 is 15.9 Å². The molecule has 7 heteroatoms. The van der Waals surface area contributed by atoms with E-state index in [4.69, 9.17) is 4.52 Å². The molecule has 0 atom stereocenters. The molecule has 0 spiro atoms. The molecule has 1 fully saturated rings. The van der Waals surface area contributed by atoms with E-state index >= 15 is 0 Å². The van der Waals surface area contributed by atoms with E-state index in [1.165, 1.54) is 14.0 Å². The average Bonchev–Trinajstić information content (AvgIpc) is 2.98. The molecule has 0 aromatic carbocycles. The van der Waals surface area contributed by atoms with E-state index in [0.29, 0.717) is 12.3 Å². The Morgan fingerprint density at radius 3 is 2.45 bits per heavy atom. The maximum Gasteiger partial charge on any atom is 0.271 e. The van der Waals surface area contributed by atoms with Gasteiger partial charge in [0.1, 0.15) is 5.69 Å². The largest absolute Gasteiger partial charge is 0.360 e. The van der Waals surface area contributed by atoms with E-state index in [-0.39, 0.29) is 22.3 Å². The topological polar surface area (TPSA) is 80.5 Å². The molecular formula is C13H20N2O4S. The van der Waals surface area contributed by atoms with Crippen LogP contribution in [0.4, 0.5) is 0 Å². The van der Waals surface area contributed by atoms with Gasteiger partial charge in [-0.2, -0.15) is 0 Å². The third-order valence-electron chi connectivity index (χ3n) is 3.88. The van der Waals surface area contributed by atoms with Crippen LogP contribution in [0.15, 0.2) is 9.42 Å². The van der Waals surface area contributed by atoms with Crippen molar-refractivity contribution < 1.29 is 17.7 Å². The average molecular weight is 300 g/mol. The molecule has 1 saturated carbocycles. The van der Waals surface area contributed by atoms with Crippen molar-refractivity contribution in [3.8, 4) is 0 Å². The molecule has 0 radical (unpaired) electrons. The van der Waals surface area contributed by atoms with Gasteiger partial charge in [-0.25, -0.2) is 12.7 Å². The lowest BCUT2D eigenvalue weighted by Gasteiger charge is -2.19. The second-order valence-corrected chi connectivity index (χ2v) is 7.28. The van der Waals surface area contributed by atoms with Crippen molar-refractivity contribution in [1.82, 2.24) is 9.46 Å². The molecule has 1 heterocycles. The Bertz CT molecular complexity index is 580. The number of aromatic nitrogens is 1. The van der Waals surface area contributed by atoms with E-state index in [9.17, 15) is 13.2 Å². The van der Waals surface area contributed by atoms with E-state index < -0.39 is 10.0 Å². The molecule has 0 N–H and O–H groups in total. The Morgan fingerprint density at radius 1 is 1.35 bits per heavy atom. The zero-order valence-electron chi connectivity index (χ0n) is 12.0. The van der Waals surface area contributed by atoms with Crippen molar-refractivity contribution in [2.24, 2.45) is 5.92 Å². The predicted molar refractivity (Wildman–Crippen MR) is 72.5 cm³/mol. The van der Waals surface area contributed by atoms with Gasteiger partial charge in [0.15, 0.2) is 10.7 Å². The van der Waals surface area contributed by atoms with E-state index in [0.717, 1.165) is 30.0 Å². The van der Waals surface area contributed by atoms with Gasteiger partial charge in [0.05, 0.1) is 0 Å². The molecule has 1 amide bonds. The number of carbonyl (C=O) groups excluding carboxylic acids is 1. The van der Waals surface area contributed by atoms with Crippen LogP contribution in [0.5, 0.6) is 0 Å². The lowest BCUT2D eigenvalue weighted by atomic mass is 10.0. The Balaban J connectivity index is 2.18. The van der Waals surface area contributed by atoms with Gasteiger partial charge >= 0.3 is 0 Å². The van der Waals surface area contributed by atoms with Gasteiger partial charge in [-0.15, -0.1) is 0 Å². The van der Waals surface area contributed by atoms with Crippen LogP contribution in [-0.4, -0.2) is 30.8 Å². The number of nitrogens with zero attached hydrogens (tertiary/aromatic N) is 2. The van der Waals surface area contributed by atoms with Gasteiger partial charge in [-0.3, -0.25) is 4.79 Å². The van der Waals surface area contributed by atoms with Crippen molar-refractivity contribution in [2.45, 2.75) is 50.8 Å². The first-order valence-electron chi connectivity index (χ1n) is 6.78. The number of rotatable bonds is 4. The molecule has 0 unspecified atom stereocenters. The molecule has 1 aromatic rings.